The first kappa shape index (κ1) is 12.1. The topological polar surface area (TPSA) is 53.4 Å². The Kier molecular flexibility index (Phi) is 2.90. The van der Waals surface area contributed by atoms with Gasteiger partial charge in [-0.15, -0.1) is 11.3 Å². The number of aromatic carboxylic acids is 1. The third-order valence-corrected chi connectivity index (χ3v) is 5.40. The highest BCUT2D eigenvalue weighted by Crippen LogP contribution is 2.48. The molecule has 1 atom stereocenters. The minimum atomic E-state index is -0.930. The number of aromatic nitrogens is 1. The summed E-state index contributed by atoms with van der Waals surface area (Å²) in [5.41, 5.74) is 0.763. The van der Waals surface area contributed by atoms with Crippen molar-refractivity contribution in [3.8, 4) is 0 Å². The monoisotopic (exact) mass is 266 g/mol. The van der Waals surface area contributed by atoms with Crippen molar-refractivity contribution in [3.63, 3.8) is 0 Å². The first-order valence-corrected chi connectivity index (χ1v) is 7.40. The Hall–Kier alpha value is -0.940. The molecule has 1 saturated carbocycles. The van der Waals surface area contributed by atoms with E-state index in [1.807, 2.05) is 0 Å². The second kappa shape index (κ2) is 4.31. The Morgan fingerprint density at radius 2 is 2.17 bits per heavy atom. The number of carboxylic acid groups (broad SMARTS) is 1. The van der Waals surface area contributed by atoms with Crippen molar-refractivity contribution < 1.29 is 9.90 Å². The predicted octanol–water partition coefficient (Wildman–Crippen LogP) is 2.78. The summed E-state index contributed by atoms with van der Waals surface area (Å²) in [6.45, 7) is 4.46. The molecule has 2 fully saturated rings. The van der Waals surface area contributed by atoms with Crippen LogP contribution < -0.4 is 0 Å². The van der Waals surface area contributed by atoms with E-state index in [0.29, 0.717) is 5.41 Å². The van der Waals surface area contributed by atoms with Gasteiger partial charge in [-0.25, -0.2) is 9.78 Å². The van der Waals surface area contributed by atoms with E-state index < -0.39 is 5.97 Å². The Morgan fingerprint density at radius 3 is 2.72 bits per heavy atom. The molecule has 2 heterocycles. The van der Waals surface area contributed by atoms with Crippen LogP contribution in [0.3, 0.4) is 0 Å². The van der Waals surface area contributed by atoms with Gasteiger partial charge in [-0.05, 0) is 25.2 Å². The van der Waals surface area contributed by atoms with E-state index in [1.165, 1.54) is 37.0 Å². The fourth-order valence-electron chi connectivity index (χ4n) is 3.26. The summed E-state index contributed by atoms with van der Waals surface area (Å²) >= 11 is 1.46. The lowest BCUT2D eigenvalue weighted by molar-refractivity contribution is -0.0228. The van der Waals surface area contributed by atoms with Crippen molar-refractivity contribution in [2.75, 3.05) is 13.1 Å². The van der Waals surface area contributed by atoms with Crippen LogP contribution in [0.5, 0.6) is 0 Å². The summed E-state index contributed by atoms with van der Waals surface area (Å²) in [6.07, 6.45) is 5.49. The van der Waals surface area contributed by atoms with Crippen LogP contribution in [-0.2, 0) is 0 Å². The van der Waals surface area contributed by atoms with E-state index in [-0.39, 0.29) is 11.7 Å². The van der Waals surface area contributed by atoms with Crippen molar-refractivity contribution in [2.24, 2.45) is 5.41 Å². The molecule has 1 aromatic heterocycles. The number of hydrogen-bond donors (Lipinski definition) is 1. The fraction of sp³-hybridized carbons (Fsp3) is 0.692. The molecule has 1 saturated heterocycles. The first-order chi connectivity index (χ1) is 8.60. The minimum absolute atomic E-state index is 0.179. The molecule has 18 heavy (non-hydrogen) atoms. The Labute approximate surface area is 111 Å². The molecular formula is C13H18N2O2S. The van der Waals surface area contributed by atoms with E-state index in [0.717, 1.165) is 18.1 Å². The maximum Gasteiger partial charge on any atom is 0.355 e. The fourth-order valence-corrected chi connectivity index (χ4v) is 4.15. The predicted molar refractivity (Wildman–Crippen MR) is 70.0 cm³/mol. The van der Waals surface area contributed by atoms with E-state index in [1.54, 1.807) is 5.38 Å². The van der Waals surface area contributed by atoms with Gasteiger partial charge in [0.25, 0.3) is 0 Å². The van der Waals surface area contributed by atoms with Crippen LogP contribution in [0, 0.1) is 5.41 Å². The lowest BCUT2D eigenvalue weighted by atomic mass is 9.77. The zero-order valence-electron chi connectivity index (χ0n) is 10.6. The largest absolute Gasteiger partial charge is 0.476 e. The number of nitrogens with zero attached hydrogens (tertiary/aromatic N) is 2. The van der Waals surface area contributed by atoms with Crippen molar-refractivity contribution in [2.45, 2.75) is 38.6 Å². The van der Waals surface area contributed by atoms with Crippen LogP contribution in [0.2, 0.25) is 0 Å². The van der Waals surface area contributed by atoms with Crippen molar-refractivity contribution in [1.82, 2.24) is 9.88 Å². The smallest absolute Gasteiger partial charge is 0.355 e. The van der Waals surface area contributed by atoms with Crippen LogP contribution in [0.4, 0.5) is 0 Å². The van der Waals surface area contributed by atoms with Crippen molar-refractivity contribution in [1.29, 1.82) is 0 Å². The van der Waals surface area contributed by atoms with Crippen LogP contribution in [-0.4, -0.2) is 34.0 Å². The molecule has 4 nitrogen and oxygen atoms in total. The van der Waals surface area contributed by atoms with E-state index >= 15 is 0 Å². The second-order valence-electron chi connectivity index (χ2n) is 5.66. The van der Waals surface area contributed by atoms with Crippen molar-refractivity contribution >= 4 is 17.3 Å². The number of likely N-dealkylation sites (tertiary alicyclic amines) is 1. The number of rotatable bonds is 3. The van der Waals surface area contributed by atoms with E-state index in [4.69, 9.17) is 5.11 Å². The molecule has 0 aromatic carbocycles. The molecule has 5 heteroatoms. The zero-order chi connectivity index (χ0) is 12.8. The lowest BCUT2D eigenvalue weighted by Gasteiger charge is -2.50. The standard InChI is InChI=1S/C13H18N2O2S/c1-9(11-14-10(6-18-11)12(16)17)15-7-13(8-15)4-2-3-5-13/h6,9H,2-5,7-8H2,1H3,(H,16,17). The van der Waals surface area contributed by atoms with Gasteiger partial charge < -0.3 is 5.11 Å². The third kappa shape index (κ3) is 1.95. The maximum atomic E-state index is 10.8. The van der Waals surface area contributed by atoms with Gasteiger partial charge in [-0.2, -0.15) is 0 Å². The highest BCUT2D eigenvalue weighted by Gasteiger charge is 2.46. The van der Waals surface area contributed by atoms with Crippen molar-refractivity contribution in [3.05, 3.63) is 16.1 Å². The number of carboxylic acids is 1. The molecule has 2 aliphatic rings. The highest BCUT2D eigenvalue weighted by atomic mass is 32.1. The maximum absolute atomic E-state index is 10.8. The summed E-state index contributed by atoms with van der Waals surface area (Å²) in [7, 11) is 0. The van der Waals surface area contributed by atoms with Gasteiger partial charge >= 0.3 is 5.97 Å². The molecule has 1 aliphatic carbocycles. The van der Waals surface area contributed by atoms with Gasteiger partial charge in [0.05, 0.1) is 6.04 Å². The van der Waals surface area contributed by atoms with E-state index in [2.05, 4.69) is 16.8 Å². The van der Waals surface area contributed by atoms with Gasteiger partial charge in [-0.1, -0.05) is 12.8 Å². The van der Waals surface area contributed by atoms with Gasteiger partial charge in [0.2, 0.25) is 0 Å². The Bertz CT molecular complexity index is 457. The molecular weight excluding hydrogens is 248 g/mol. The molecule has 1 unspecified atom stereocenters. The van der Waals surface area contributed by atoms with Crippen LogP contribution in [0.25, 0.3) is 0 Å². The molecule has 1 spiro atoms. The first-order valence-electron chi connectivity index (χ1n) is 6.52. The second-order valence-corrected chi connectivity index (χ2v) is 6.55. The molecule has 1 aliphatic heterocycles. The normalized spacial score (nSPS) is 24.1. The summed E-state index contributed by atoms with van der Waals surface area (Å²) in [6, 6.07) is 0.259. The van der Waals surface area contributed by atoms with Crippen LogP contribution in [0.15, 0.2) is 5.38 Å². The zero-order valence-corrected chi connectivity index (χ0v) is 11.4. The Balaban J connectivity index is 1.65. The summed E-state index contributed by atoms with van der Waals surface area (Å²) < 4.78 is 0. The SMILES string of the molecule is CC(c1nc(C(=O)O)cs1)N1CC2(CCCC2)C1. The molecule has 0 bridgehead atoms. The Morgan fingerprint density at radius 1 is 1.50 bits per heavy atom. The highest BCUT2D eigenvalue weighted by molar-refractivity contribution is 7.09. The number of carbonyl (C=O) groups is 1. The minimum Gasteiger partial charge on any atom is -0.476 e. The summed E-state index contributed by atoms with van der Waals surface area (Å²) in [5, 5.41) is 11.5. The number of thiazole rings is 1. The molecule has 0 amide bonds. The van der Waals surface area contributed by atoms with Gasteiger partial charge in [-0.3, -0.25) is 4.90 Å². The van der Waals surface area contributed by atoms with Crippen LogP contribution >= 0.6 is 11.3 Å². The van der Waals surface area contributed by atoms with E-state index in [9.17, 15) is 4.79 Å². The molecule has 1 N–H and O–H groups in total. The molecule has 3 rings (SSSR count). The molecule has 0 radical (unpaired) electrons. The quantitative estimate of drug-likeness (QED) is 0.914. The van der Waals surface area contributed by atoms with Gasteiger partial charge in [0.15, 0.2) is 5.69 Å². The number of hydrogen-bond acceptors (Lipinski definition) is 4. The average molecular weight is 266 g/mol. The molecule has 98 valence electrons. The third-order valence-electron chi connectivity index (χ3n) is 4.39. The summed E-state index contributed by atoms with van der Waals surface area (Å²) in [4.78, 5) is 17.5. The average Bonchev–Trinajstić information content (AvgIpc) is 2.95. The van der Waals surface area contributed by atoms with Gasteiger partial charge in [0.1, 0.15) is 5.01 Å². The van der Waals surface area contributed by atoms with Gasteiger partial charge in [0, 0.05) is 18.5 Å². The van der Waals surface area contributed by atoms with Crippen LogP contribution in [0.1, 0.15) is 54.1 Å². The summed E-state index contributed by atoms with van der Waals surface area (Å²) in [5.74, 6) is -0.930. The lowest BCUT2D eigenvalue weighted by Crippen LogP contribution is -2.55. The molecule has 1 aromatic rings.